The molecule has 1 aromatic carbocycles. The van der Waals surface area contributed by atoms with Crippen LogP contribution in [0.2, 0.25) is 0 Å². The number of nitrogens with zero attached hydrogens (tertiary/aromatic N) is 3. The van der Waals surface area contributed by atoms with Gasteiger partial charge >= 0.3 is 12.1 Å². The molecule has 0 N–H and O–H groups in total. The van der Waals surface area contributed by atoms with Crippen LogP contribution < -0.4 is 9.64 Å². The van der Waals surface area contributed by atoms with Crippen LogP contribution in [0.15, 0.2) is 48.8 Å². The van der Waals surface area contributed by atoms with Gasteiger partial charge in [0.1, 0.15) is 5.56 Å². The van der Waals surface area contributed by atoms with E-state index in [9.17, 15) is 22.8 Å². The molecule has 2 heterocycles. The van der Waals surface area contributed by atoms with Crippen molar-refractivity contribution in [1.29, 1.82) is 0 Å². The van der Waals surface area contributed by atoms with Crippen molar-refractivity contribution in [2.24, 2.45) is 11.8 Å². The van der Waals surface area contributed by atoms with Crippen molar-refractivity contribution in [1.82, 2.24) is 9.97 Å². The summed E-state index contributed by atoms with van der Waals surface area (Å²) in [6.45, 7) is 2.15. The molecule has 11 heteroatoms. The van der Waals surface area contributed by atoms with E-state index in [-0.39, 0.29) is 35.5 Å². The maximum Gasteiger partial charge on any atom is 0.421 e. The minimum absolute atomic E-state index is 0.0427. The Labute approximate surface area is 266 Å². The number of rotatable bonds is 9. The molecule has 3 aromatic rings. The minimum Gasteiger partial charge on any atom is -0.465 e. The van der Waals surface area contributed by atoms with Gasteiger partial charge in [0.15, 0.2) is 11.6 Å². The Morgan fingerprint density at radius 3 is 2.35 bits per heavy atom. The Hall–Kier alpha value is -4.02. The van der Waals surface area contributed by atoms with Gasteiger partial charge in [-0.15, -0.1) is 0 Å². The third kappa shape index (κ3) is 7.85. The van der Waals surface area contributed by atoms with E-state index in [0.29, 0.717) is 49.3 Å². The summed E-state index contributed by atoms with van der Waals surface area (Å²) in [6.07, 6.45) is 6.01. The fourth-order valence-electron chi connectivity index (χ4n) is 6.47. The average molecular weight is 642 g/mol. The van der Waals surface area contributed by atoms with Crippen LogP contribution in [0.25, 0.3) is 0 Å². The molecular formula is C35H39F4N3O4. The Balaban J connectivity index is 1.49. The van der Waals surface area contributed by atoms with Crippen LogP contribution in [0.1, 0.15) is 91.9 Å². The van der Waals surface area contributed by atoms with Crippen molar-refractivity contribution in [2.75, 3.05) is 12.0 Å². The molecule has 0 bridgehead atoms. The number of aryl methyl sites for hydroxylation is 2. The molecule has 0 atom stereocenters. The first-order valence-corrected chi connectivity index (χ1v) is 15.9. The quantitative estimate of drug-likeness (QED) is 0.172. The van der Waals surface area contributed by atoms with Gasteiger partial charge < -0.3 is 14.4 Å². The highest BCUT2D eigenvalue weighted by atomic mass is 19.4. The molecule has 46 heavy (non-hydrogen) atoms. The number of pyridine rings is 2. The summed E-state index contributed by atoms with van der Waals surface area (Å²) >= 11 is 0. The van der Waals surface area contributed by atoms with Gasteiger partial charge in [-0.3, -0.25) is 9.78 Å². The number of anilines is 1. The molecule has 0 saturated heterocycles. The maximum atomic E-state index is 15.9. The van der Waals surface area contributed by atoms with Gasteiger partial charge in [0.2, 0.25) is 11.8 Å². The summed E-state index contributed by atoms with van der Waals surface area (Å²) in [6, 6.07) is 8.02. The summed E-state index contributed by atoms with van der Waals surface area (Å²) in [4.78, 5) is 36.8. The zero-order valence-electron chi connectivity index (χ0n) is 26.1. The second-order valence-electron chi connectivity index (χ2n) is 12.4. The van der Waals surface area contributed by atoms with Crippen molar-refractivity contribution in [2.45, 2.75) is 89.8 Å². The molecule has 0 spiro atoms. The van der Waals surface area contributed by atoms with E-state index < -0.39 is 35.2 Å². The van der Waals surface area contributed by atoms with E-state index in [1.54, 1.807) is 29.3 Å². The third-order valence-electron chi connectivity index (χ3n) is 9.07. The van der Waals surface area contributed by atoms with Gasteiger partial charge in [-0.25, -0.2) is 14.2 Å². The maximum absolute atomic E-state index is 15.9. The number of ether oxygens (including phenoxy) is 2. The van der Waals surface area contributed by atoms with Crippen molar-refractivity contribution >= 4 is 17.6 Å². The SMILES string of the molecule is COC(=O)c1cc(Oc2ncc(CCc3ccccn3)cc2C(F)(F)F)c(F)cc1N(C(=O)C1CCC(C)CC1)C1CCCCC1. The van der Waals surface area contributed by atoms with Gasteiger partial charge in [-0.2, -0.15) is 13.2 Å². The van der Waals surface area contributed by atoms with Crippen LogP contribution in [0, 0.1) is 17.7 Å². The molecule has 2 saturated carbocycles. The predicted octanol–water partition coefficient (Wildman–Crippen LogP) is 8.49. The number of methoxy groups -OCH3 is 1. The largest absolute Gasteiger partial charge is 0.465 e. The molecule has 2 aliphatic rings. The van der Waals surface area contributed by atoms with Gasteiger partial charge in [-0.1, -0.05) is 32.3 Å². The van der Waals surface area contributed by atoms with Crippen molar-refractivity contribution in [3.8, 4) is 11.6 Å². The number of halogens is 4. The molecular weight excluding hydrogens is 602 g/mol. The lowest BCUT2D eigenvalue weighted by Gasteiger charge is -2.38. The van der Waals surface area contributed by atoms with E-state index in [0.717, 1.165) is 57.4 Å². The Morgan fingerprint density at radius 2 is 1.70 bits per heavy atom. The zero-order valence-corrected chi connectivity index (χ0v) is 26.1. The summed E-state index contributed by atoms with van der Waals surface area (Å²) < 4.78 is 68.8. The average Bonchev–Trinajstić information content (AvgIpc) is 3.06. The van der Waals surface area contributed by atoms with Gasteiger partial charge in [0, 0.05) is 42.2 Å². The molecule has 2 aromatic heterocycles. The number of hydrogen-bond donors (Lipinski definition) is 0. The van der Waals surface area contributed by atoms with E-state index in [4.69, 9.17) is 9.47 Å². The number of hydrogen-bond acceptors (Lipinski definition) is 6. The first-order chi connectivity index (χ1) is 22.0. The molecule has 2 aliphatic carbocycles. The molecule has 1 amide bonds. The van der Waals surface area contributed by atoms with Gasteiger partial charge in [0.05, 0.1) is 18.4 Å². The number of carbonyl (C=O) groups excluding carboxylic acids is 2. The summed E-state index contributed by atoms with van der Waals surface area (Å²) in [5.74, 6) is -3.30. The number of benzene rings is 1. The molecule has 0 aliphatic heterocycles. The fraction of sp³-hybridized carbons (Fsp3) is 0.486. The topological polar surface area (TPSA) is 81.6 Å². The van der Waals surface area contributed by atoms with Crippen LogP contribution in [0.3, 0.4) is 0 Å². The van der Waals surface area contributed by atoms with E-state index in [1.807, 2.05) is 0 Å². The minimum atomic E-state index is -4.85. The van der Waals surface area contributed by atoms with Crippen molar-refractivity contribution in [3.63, 3.8) is 0 Å². The molecule has 0 unspecified atom stereocenters. The first kappa shape index (κ1) is 33.3. The second kappa shape index (κ2) is 14.6. The van der Waals surface area contributed by atoms with Crippen LogP contribution in [0.5, 0.6) is 11.6 Å². The molecule has 2 fully saturated rings. The zero-order chi connectivity index (χ0) is 32.8. The normalized spacial score (nSPS) is 19.0. The molecule has 246 valence electrons. The Kier molecular flexibility index (Phi) is 10.6. The number of esters is 1. The standard InChI is InChI=1S/C35H39F4N3O4/c1-22-11-14-24(15-12-22)33(43)42(26-9-4-3-5-10-26)30-20-29(36)31(19-27(30)34(44)45-2)46-32-28(35(37,38)39)18-23(21-41-32)13-16-25-8-6-7-17-40-25/h6-8,17-22,24,26H,3-5,9-16H2,1-2H3. The molecule has 5 rings (SSSR count). The van der Waals surface area contributed by atoms with Crippen LogP contribution in [-0.4, -0.2) is 35.0 Å². The number of carbonyl (C=O) groups is 2. The number of aromatic nitrogens is 2. The first-order valence-electron chi connectivity index (χ1n) is 15.9. The lowest BCUT2D eigenvalue weighted by molar-refractivity contribution is -0.139. The highest BCUT2D eigenvalue weighted by Crippen LogP contribution is 2.41. The van der Waals surface area contributed by atoms with Gasteiger partial charge in [-0.05, 0) is 81.0 Å². The van der Waals surface area contributed by atoms with Gasteiger partial charge in [0.25, 0.3) is 0 Å². The lowest BCUT2D eigenvalue weighted by atomic mass is 9.81. The van der Waals surface area contributed by atoms with Crippen LogP contribution in [-0.2, 0) is 28.5 Å². The van der Waals surface area contributed by atoms with E-state index >= 15 is 4.39 Å². The smallest absolute Gasteiger partial charge is 0.421 e. The fourth-order valence-corrected chi connectivity index (χ4v) is 6.47. The number of alkyl halides is 3. The second-order valence-corrected chi connectivity index (χ2v) is 12.4. The number of amides is 1. The highest BCUT2D eigenvalue weighted by Gasteiger charge is 2.38. The summed E-state index contributed by atoms with van der Waals surface area (Å²) in [5.41, 5.74) is -0.286. The molecule has 0 radical (unpaired) electrons. The third-order valence-corrected chi connectivity index (χ3v) is 9.07. The summed E-state index contributed by atoms with van der Waals surface area (Å²) in [7, 11) is 1.15. The predicted molar refractivity (Wildman–Crippen MR) is 164 cm³/mol. The highest BCUT2D eigenvalue weighted by molar-refractivity contribution is 6.04. The van der Waals surface area contributed by atoms with E-state index in [2.05, 4.69) is 16.9 Å². The Bertz CT molecular complexity index is 1520. The monoisotopic (exact) mass is 641 g/mol. The van der Waals surface area contributed by atoms with E-state index in [1.165, 1.54) is 6.20 Å². The summed E-state index contributed by atoms with van der Waals surface area (Å²) in [5, 5.41) is 0. The Morgan fingerprint density at radius 1 is 0.957 bits per heavy atom. The molecule has 7 nitrogen and oxygen atoms in total. The van der Waals surface area contributed by atoms with Crippen molar-refractivity contribution < 1.29 is 36.6 Å². The van der Waals surface area contributed by atoms with Crippen LogP contribution in [0.4, 0.5) is 23.2 Å². The van der Waals surface area contributed by atoms with Crippen molar-refractivity contribution in [3.05, 3.63) is 77.0 Å². The lowest BCUT2D eigenvalue weighted by Crippen LogP contribution is -2.46. The van der Waals surface area contributed by atoms with Crippen LogP contribution >= 0.6 is 0 Å².